The lowest BCUT2D eigenvalue weighted by Crippen LogP contribution is -2.48. The van der Waals surface area contributed by atoms with Crippen molar-refractivity contribution in [3.05, 3.63) is 83.7 Å². The van der Waals surface area contributed by atoms with Crippen LogP contribution in [0.2, 0.25) is 0 Å². The van der Waals surface area contributed by atoms with Crippen LogP contribution in [0.3, 0.4) is 0 Å². The molecule has 5 rings (SSSR count). The molecule has 1 fully saturated rings. The van der Waals surface area contributed by atoms with Gasteiger partial charge < -0.3 is 4.90 Å². The van der Waals surface area contributed by atoms with Crippen LogP contribution in [0.1, 0.15) is 16.1 Å². The molecule has 0 unspecified atom stereocenters. The number of rotatable bonds is 6. The fraction of sp³-hybridized carbons (Fsp3) is 0.261. The van der Waals surface area contributed by atoms with E-state index in [4.69, 9.17) is 0 Å². The van der Waals surface area contributed by atoms with Crippen molar-refractivity contribution in [1.29, 1.82) is 0 Å². The molecule has 0 bridgehead atoms. The minimum atomic E-state index is -0.848. The largest absolute Gasteiger partial charge is 0.335 e. The standard InChI is InChI=1S/C23H22F2N8O/c24-19-8-4-7-18(21(19)25)15-30-11-13-31(14-12-30)23(34)20-9-10-32(27-20)16-33-28-22(26-29-33)17-5-2-1-3-6-17/h1-10H,11-16H2. The van der Waals surface area contributed by atoms with Gasteiger partial charge in [0.2, 0.25) is 5.82 Å². The molecule has 4 aromatic rings. The van der Waals surface area contributed by atoms with Crippen LogP contribution >= 0.6 is 0 Å². The van der Waals surface area contributed by atoms with Gasteiger partial charge in [-0.1, -0.05) is 42.5 Å². The molecule has 2 aromatic heterocycles. The number of aromatic nitrogens is 6. The van der Waals surface area contributed by atoms with Gasteiger partial charge in [0.05, 0.1) is 0 Å². The average Bonchev–Trinajstić information content (AvgIpc) is 3.53. The predicted octanol–water partition coefficient (Wildman–Crippen LogP) is 2.28. The summed E-state index contributed by atoms with van der Waals surface area (Å²) in [6, 6.07) is 15.4. The van der Waals surface area contributed by atoms with Gasteiger partial charge in [-0.05, 0) is 17.3 Å². The van der Waals surface area contributed by atoms with E-state index in [1.54, 1.807) is 27.9 Å². The maximum Gasteiger partial charge on any atom is 0.274 e. The molecule has 1 aliphatic heterocycles. The number of piperazine rings is 1. The van der Waals surface area contributed by atoms with Crippen LogP contribution in [0.25, 0.3) is 11.4 Å². The summed E-state index contributed by atoms with van der Waals surface area (Å²) in [4.78, 5) is 18.0. The summed E-state index contributed by atoms with van der Waals surface area (Å²) in [6.07, 6.45) is 1.70. The number of amides is 1. The Balaban J connectivity index is 1.16. The van der Waals surface area contributed by atoms with Crippen LogP contribution in [-0.2, 0) is 13.2 Å². The molecule has 11 heteroatoms. The summed E-state index contributed by atoms with van der Waals surface area (Å²) in [5, 5.41) is 16.8. The maximum absolute atomic E-state index is 13.9. The van der Waals surface area contributed by atoms with Gasteiger partial charge in [-0.2, -0.15) is 5.10 Å². The second-order valence-electron chi connectivity index (χ2n) is 8.01. The highest BCUT2D eigenvalue weighted by Crippen LogP contribution is 2.16. The average molecular weight is 464 g/mol. The predicted molar refractivity (Wildman–Crippen MR) is 118 cm³/mol. The molecule has 9 nitrogen and oxygen atoms in total. The van der Waals surface area contributed by atoms with E-state index in [0.717, 1.165) is 11.6 Å². The van der Waals surface area contributed by atoms with Gasteiger partial charge in [0.15, 0.2) is 18.3 Å². The van der Waals surface area contributed by atoms with E-state index in [2.05, 4.69) is 20.5 Å². The van der Waals surface area contributed by atoms with E-state index in [0.29, 0.717) is 49.8 Å². The first-order valence-electron chi connectivity index (χ1n) is 10.9. The van der Waals surface area contributed by atoms with Crippen molar-refractivity contribution in [3.63, 3.8) is 0 Å². The molecule has 34 heavy (non-hydrogen) atoms. The molecule has 0 aliphatic carbocycles. The lowest BCUT2D eigenvalue weighted by Gasteiger charge is -2.34. The molecule has 0 spiro atoms. The zero-order valence-corrected chi connectivity index (χ0v) is 18.3. The van der Waals surface area contributed by atoms with Gasteiger partial charge in [-0.25, -0.2) is 13.5 Å². The van der Waals surface area contributed by atoms with Crippen LogP contribution < -0.4 is 0 Å². The minimum absolute atomic E-state index is 0.174. The number of hydrogen-bond donors (Lipinski definition) is 0. The first-order chi connectivity index (χ1) is 16.6. The molecule has 1 amide bonds. The molecule has 0 saturated carbocycles. The van der Waals surface area contributed by atoms with Crippen molar-refractivity contribution in [3.8, 4) is 11.4 Å². The van der Waals surface area contributed by atoms with Crippen molar-refractivity contribution in [2.24, 2.45) is 0 Å². The van der Waals surface area contributed by atoms with Crippen LogP contribution in [-0.4, -0.2) is 71.9 Å². The van der Waals surface area contributed by atoms with Crippen molar-refractivity contribution in [1.82, 2.24) is 39.8 Å². The smallest absolute Gasteiger partial charge is 0.274 e. The first-order valence-corrected chi connectivity index (χ1v) is 10.9. The second-order valence-corrected chi connectivity index (χ2v) is 8.01. The Kier molecular flexibility index (Phi) is 6.09. The van der Waals surface area contributed by atoms with Gasteiger partial charge in [0.25, 0.3) is 5.91 Å². The fourth-order valence-electron chi connectivity index (χ4n) is 3.87. The topological polar surface area (TPSA) is 85.0 Å². The number of hydrogen-bond acceptors (Lipinski definition) is 6. The summed E-state index contributed by atoms with van der Waals surface area (Å²) >= 11 is 0. The molecular weight excluding hydrogens is 442 g/mol. The van der Waals surface area contributed by atoms with Crippen LogP contribution in [0.5, 0.6) is 0 Å². The minimum Gasteiger partial charge on any atom is -0.335 e. The van der Waals surface area contributed by atoms with Crippen molar-refractivity contribution in [2.45, 2.75) is 13.2 Å². The molecule has 1 saturated heterocycles. The third-order valence-electron chi connectivity index (χ3n) is 5.70. The molecule has 0 radical (unpaired) electrons. The molecule has 0 N–H and O–H groups in total. The number of nitrogens with zero attached hydrogens (tertiary/aromatic N) is 8. The highest BCUT2D eigenvalue weighted by atomic mass is 19.2. The number of benzene rings is 2. The van der Waals surface area contributed by atoms with Crippen molar-refractivity contribution < 1.29 is 13.6 Å². The maximum atomic E-state index is 13.9. The number of carbonyl (C=O) groups excluding carboxylic acids is 1. The lowest BCUT2D eigenvalue weighted by molar-refractivity contribution is 0.0620. The van der Waals surface area contributed by atoms with Crippen LogP contribution in [0.15, 0.2) is 60.8 Å². The zero-order chi connectivity index (χ0) is 23.5. The Morgan fingerprint density at radius 2 is 1.71 bits per heavy atom. The number of tetrazole rings is 1. The third-order valence-corrected chi connectivity index (χ3v) is 5.70. The first kappa shape index (κ1) is 21.8. The summed E-state index contributed by atoms with van der Waals surface area (Å²) in [7, 11) is 0. The molecular formula is C23H22F2N8O. The Morgan fingerprint density at radius 3 is 2.50 bits per heavy atom. The van der Waals surface area contributed by atoms with E-state index in [9.17, 15) is 13.6 Å². The second kappa shape index (κ2) is 9.48. The Hall–Kier alpha value is -3.99. The Bertz CT molecular complexity index is 1280. The molecule has 1 aliphatic rings. The van der Waals surface area contributed by atoms with Gasteiger partial charge in [-0.3, -0.25) is 9.69 Å². The Morgan fingerprint density at radius 1 is 0.912 bits per heavy atom. The van der Waals surface area contributed by atoms with E-state index in [-0.39, 0.29) is 12.6 Å². The lowest BCUT2D eigenvalue weighted by atomic mass is 10.1. The summed E-state index contributed by atoms with van der Waals surface area (Å²) in [5.74, 6) is -1.32. The Labute approximate surface area is 194 Å². The monoisotopic (exact) mass is 464 g/mol. The van der Waals surface area contributed by atoms with E-state index < -0.39 is 11.6 Å². The molecule has 3 heterocycles. The van der Waals surface area contributed by atoms with Gasteiger partial charge in [0, 0.05) is 50.0 Å². The van der Waals surface area contributed by atoms with Crippen LogP contribution in [0, 0.1) is 11.6 Å². The summed E-state index contributed by atoms with van der Waals surface area (Å²) in [5.41, 5.74) is 1.51. The quantitative estimate of drug-likeness (QED) is 0.435. The molecule has 0 atom stereocenters. The van der Waals surface area contributed by atoms with Gasteiger partial charge in [-0.15, -0.1) is 15.0 Å². The van der Waals surface area contributed by atoms with Gasteiger partial charge >= 0.3 is 0 Å². The van der Waals surface area contributed by atoms with E-state index in [1.807, 2.05) is 35.2 Å². The number of carbonyl (C=O) groups is 1. The zero-order valence-electron chi connectivity index (χ0n) is 18.3. The summed E-state index contributed by atoms with van der Waals surface area (Å²) in [6.45, 7) is 2.61. The highest BCUT2D eigenvalue weighted by molar-refractivity contribution is 5.92. The third kappa shape index (κ3) is 4.69. The van der Waals surface area contributed by atoms with Crippen LogP contribution in [0.4, 0.5) is 8.78 Å². The normalized spacial score (nSPS) is 14.5. The highest BCUT2D eigenvalue weighted by Gasteiger charge is 2.24. The molecule has 174 valence electrons. The van der Waals surface area contributed by atoms with Gasteiger partial charge in [0.1, 0.15) is 5.69 Å². The number of halogens is 2. The van der Waals surface area contributed by atoms with Crippen molar-refractivity contribution >= 4 is 5.91 Å². The molecule has 2 aromatic carbocycles. The fourth-order valence-corrected chi connectivity index (χ4v) is 3.87. The van der Waals surface area contributed by atoms with E-state index in [1.165, 1.54) is 10.9 Å². The van der Waals surface area contributed by atoms with Crippen molar-refractivity contribution in [2.75, 3.05) is 26.2 Å². The van der Waals surface area contributed by atoms with E-state index >= 15 is 0 Å². The SMILES string of the molecule is O=C(c1ccn(Cn2nnc(-c3ccccc3)n2)n1)N1CCN(Cc2cccc(F)c2F)CC1. The summed E-state index contributed by atoms with van der Waals surface area (Å²) < 4.78 is 29.0.